The molecule has 3 nitrogen and oxygen atoms in total. The molecular weight excluding hydrogens is 88.9 g/mol. The minimum atomic E-state index is 1.69. The quantitative estimate of drug-likeness (QED) is 0.372. The Morgan fingerprint density at radius 1 is 1.71 bits per heavy atom. The third kappa shape index (κ3) is 3.46. The fraction of sp³-hybridized carbons (Fsp3) is 1.00. The van der Waals surface area contributed by atoms with Crippen molar-refractivity contribution in [3.63, 3.8) is 0 Å². The first-order chi connectivity index (χ1) is 3.31. The number of nitrogens with zero attached hydrogens (tertiary/aromatic N) is 2. The molecule has 0 saturated carbocycles. The standard InChI is InChI=1S/C3H10BN3/c1-5-4-7(3)6-2/h6H,1-3H3. The van der Waals surface area contributed by atoms with Crippen LogP contribution in [0.15, 0.2) is 4.90 Å². The Labute approximate surface area is 44.7 Å². The van der Waals surface area contributed by atoms with Crippen molar-refractivity contribution in [3.05, 3.63) is 0 Å². The van der Waals surface area contributed by atoms with Gasteiger partial charge in [-0.3, -0.25) is 0 Å². The van der Waals surface area contributed by atoms with Crippen LogP contribution in [0.2, 0.25) is 0 Å². The van der Waals surface area contributed by atoms with Crippen molar-refractivity contribution in [2.45, 2.75) is 0 Å². The van der Waals surface area contributed by atoms with Crippen molar-refractivity contribution in [1.29, 1.82) is 0 Å². The van der Waals surface area contributed by atoms with E-state index >= 15 is 0 Å². The molecule has 0 rings (SSSR count). The van der Waals surface area contributed by atoms with Gasteiger partial charge in [0.25, 0.3) is 0 Å². The van der Waals surface area contributed by atoms with E-state index in [0.29, 0.717) is 0 Å². The number of hydrogen-bond donors (Lipinski definition) is 1. The van der Waals surface area contributed by atoms with Crippen LogP contribution in [0.4, 0.5) is 0 Å². The van der Waals surface area contributed by atoms with Crippen LogP contribution in [-0.2, 0) is 0 Å². The number of nitrogens with one attached hydrogen (secondary N) is 1. The molecule has 1 N–H and O–H groups in total. The topological polar surface area (TPSA) is 27.6 Å². The average Bonchev–Trinajstić information content (AvgIpc) is 1.68. The van der Waals surface area contributed by atoms with E-state index in [0.717, 1.165) is 0 Å². The van der Waals surface area contributed by atoms with E-state index in [1.54, 1.807) is 19.2 Å². The fourth-order valence-electron chi connectivity index (χ4n) is 0.231. The van der Waals surface area contributed by atoms with Gasteiger partial charge < -0.3 is 0 Å². The summed E-state index contributed by atoms with van der Waals surface area (Å²) in [6, 6.07) is 0. The van der Waals surface area contributed by atoms with Crippen molar-refractivity contribution >= 4 is 7.21 Å². The van der Waals surface area contributed by atoms with Gasteiger partial charge in [0, 0.05) is 0 Å². The second-order valence-electron chi connectivity index (χ2n) is 1.21. The molecule has 0 aliphatic heterocycles. The normalized spacial score (nSPS) is 9.00. The molecular formula is C3H10BN3. The predicted octanol–water partition coefficient (Wildman–Crippen LogP) is -0.515. The zero-order valence-electron chi connectivity index (χ0n) is 4.97. The number of hydrogen-bond acceptors (Lipinski definition) is 2. The first-order valence-electron chi connectivity index (χ1n) is 2.13. The summed E-state index contributed by atoms with van der Waals surface area (Å²) in [5.41, 5.74) is 2.85. The Bertz CT molecular complexity index is 63.2. The molecule has 0 aliphatic carbocycles. The molecule has 0 bridgehead atoms. The molecule has 0 aromatic heterocycles. The van der Waals surface area contributed by atoms with Crippen molar-refractivity contribution in [2.24, 2.45) is 4.90 Å². The third-order valence-corrected chi connectivity index (χ3v) is 0.641. The van der Waals surface area contributed by atoms with E-state index in [1.165, 1.54) is 0 Å². The summed E-state index contributed by atoms with van der Waals surface area (Å²) < 4.78 is 0. The van der Waals surface area contributed by atoms with Gasteiger partial charge in [-0.05, 0) is 0 Å². The summed E-state index contributed by atoms with van der Waals surface area (Å²) in [5.74, 6) is 0. The van der Waals surface area contributed by atoms with Gasteiger partial charge in [-0.2, -0.15) is 0 Å². The van der Waals surface area contributed by atoms with Gasteiger partial charge in [0.05, 0.1) is 0 Å². The molecule has 0 aromatic carbocycles. The van der Waals surface area contributed by atoms with Gasteiger partial charge in [-0.25, -0.2) is 0 Å². The summed E-state index contributed by atoms with van der Waals surface area (Å²) >= 11 is 0. The molecule has 0 amide bonds. The van der Waals surface area contributed by atoms with Crippen LogP contribution in [0.25, 0.3) is 0 Å². The van der Waals surface area contributed by atoms with Gasteiger partial charge in [0.2, 0.25) is 0 Å². The summed E-state index contributed by atoms with van der Waals surface area (Å²) in [6.45, 7) is 0. The van der Waals surface area contributed by atoms with Gasteiger partial charge in [0.15, 0.2) is 0 Å². The van der Waals surface area contributed by atoms with E-state index in [9.17, 15) is 0 Å². The van der Waals surface area contributed by atoms with Gasteiger partial charge in [-0.1, -0.05) is 0 Å². The molecule has 0 fully saturated rings. The minimum absolute atomic E-state index is 1.69. The number of rotatable bonds is 2. The van der Waals surface area contributed by atoms with Crippen molar-refractivity contribution < 1.29 is 0 Å². The summed E-state index contributed by atoms with van der Waals surface area (Å²) in [5, 5.41) is 0. The van der Waals surface area contributed by atoms with E-state index in [4.69, 9.17) is 0 Å². The molecule has 0 saturated heterocycles. The molecule has 4 heteroatoms. The third-order valence-electron chi connectivity index (χ3n) is 0.641. The molecule has 7 heavy (non-hydrogen) atoms. The number of hydrazine groups is 1. The Morgan fingerprint density at radius 2 is 2.29 bits per heavy atom. The summed E-state index contributed by atoms with van der Waals surface area (Å²) in [4.78, 5) is 5.51. The first kappa shape index (κ1) is 6.62. The Balaban J connectivity index is 3.16. The van der Waals surface area contributed by atoms with E-state index in [1.807, 2.05) is 14.1 Å². The molecule has 0 aromatic rings. The van der Waals surface area contributed by atoms with E-state index in [2.05, 4.69) is 10.3 Å². The molecule has 0 heterocycles. The van der Waals surface area contributed by atoms with Crippen LogP contribution >= 0.6 is 0 Å². The second kappa shape index (κ2) is 3.80. The van der Waals surface area contributed by atoms with Crippen LogP contribution in [0.5, 0.6) is 0 Å². The monoisotopic (exact) mass is 99.1 g/mol. The average molecular weight is 98.9 g/mol. The van der Waals surface area contributed by atoms with Gasteiger partial charge in [0.1, 0.15) is 0 Å². The predicted molar refractivity (Wildman–Crippen MR) is 30.9 cm³/mol. The molecule has 0 spiro atoms. The van der Waals surface area contributed by atoms with Crippen molar-refractivity contribution in [1.82, 2.24) is 10.3 Å². The Hall–Kier alpha value is -0.375. The van der Waals surface area contributed by atoms with Crippen molar-refractivity contribution in [3.8, 4) is 0 Å². The van der Waals surface area contributed by atoms with Crippen LogP contribution in [0, 0.1) is 0 Å². The van der Waals surface area contributed by atoms with Crippen LogP contribution in [-0.4, -0.2) is 33.3 Å². The molecule has 0 aliphatic rings. The molecule has 0 radical (unpaired) electrons. The molecule has 40 valence electrons. The van der Waals surface area contributed by atoms with Crippen LogP contribution in [0.3, 0.4) is 0 Å². The summed E-state index contributed by atoms with van der Waals surface area (Å²) in [7, 11) is 7.14. The maximum absolute atomic E-state index is 3.74. The van der Waals surface area contributed by atoms with E-state index in [-0.39, 0.29) is 0 Å². The zero-order valence-corrected chi connectivity index (χ0v) is 4.97. The SMILES string of the molecule is CN=BN(C)NC. The Morgan fingerprint density at radius 3 is 2.43 bits per heavy atom. The fourth-order valence-corrected chi connectivity index (χ4v) is 0.231. The Kier molecular flexibility index (Phi) is 3.60. The molecule has 0 unspecified atom stereocenters. The van der Waals surface area contributed by atoms with E-state index < -0.39 is 0 Å². The second-order valence-corrected chi connectivity index (χ2v) is 1.21. The van der Waals surface area contributed by atoms with Crippen LogP contribution < -0.4 is 5.43 Å². The first-order valence-corrected chi connectivity index (χ1v) is 2.13. The molecule has 0 atom stereocenters. The zero-order chi connectivity index (χ0) is 5.70. The van der Waals surface area contributed by atoms with Crippen LogP contribution in [0.1, 0.15) is 0 Å². The maximum atomic E-state index is 3.74. The summed E-state index contributed by atoms with van der Waals surface area (Å²) in [6.07, 6.45) is 0. The van der Waals surface area contributed by atoms with Gasteiger partial charge in [-0.15, -0.1) is 0 Å². The van der Waals surface area contributed by atoms with Gasteiger partial charge >= 0.3 is 43.6 Å². The van der Waals surface area contributed by atoms with Crippen molar-refractivity contribution in [2.75, 3.05) is 21.1 Å².